The van der Waals surface area contributed by atoms with Gasteiger partial charge in [-0.1, -0.05) is 0 Å². The molecular weight excluding hydrogens is 338 g/mol. The monoisotopic (exact) mass is 351 g/mol. The van der Waals surface area contributed by atoms with E-state index in [1.54, 1.807) is 12.3 Å². The average molecular weight is 352 g/mol. The molecule has 0 amide bonds. The minimum absolute atomic E-state index is 0.399. The van der Waals surface area contributed by atoms with Crippen LogP contribution in [-0.2, 0) is 0 Å². The summed E-state index contributed by atoms with van der Waals surface area (Å²) < 4.78 is 17.5. The predicted octanol–water partition coefficient (Wildman–Crippen LogP) is 3.24. The number of fused-ring (bicyclic) bond motifs is 2. The van der Waals surface area contributed by atoms with Gasteiger partial charge in [-0.15, -0.1) is 0 Å². The van der Waals surface area contributed by atoms with Crippen LogP contribution < -0.4 is 10.4 Å². The van der Waals surface area contributed by atoms with E-state index in [-0.39, 0.29) is 0 Å². The van der Waals surface area contributed by atoms with Gasteiger partial charge in [0, 0.05) is 27.9 Å². The highest BCUT2D eigenvalue weighted by molar-refractivity contribution is 9.10. The molecule has 6 heteroatoms. The quantitative estimate of drug-likeness (QED) is 0.675. The first-order valence-electron chi connectivity index (χ1n) is 6.48. The van der Waals surface area contributed by atoms with E-state index >= 15 is 0 Å². The zero-order valence-corrected chi connectivity index (χ0v) is 13.3. The molecule has 110 valence electrons. The smallest absolute Gasteiger partial charge is 0.336 e. The first-order valence-corrected chi connectivity index (χ1v) is 7.27. The Balaban J connectivity index is 2.21. The summed E-state index contributed by atoms with van der Waals surface area (Å²) in [5, 5.41) is 1.67. The van der Waals surface area contributed by atoms with E-state index in [0.29, 0.717) is 23.5 Å². The number of ether oxygens (including phenoxy) is 1. The number of rotatable bonds is 4. The molecule has 0 bridgehead atoms. The molecule has 0 atom stereocenters. The van der Waals surface area contributed by atoms with Crippen molar-refractivity contribution < 1.29 is 13.6 Å². The molecule has 0 aliphatic carbocycles. The van der Waals surface area contributed by atoms with E-state index in [1.165, 1.54) is 6.07 Å². The number of nitrogens with zero attached hydrogens (tertiary/aromatic N) is 1. The summed E-state index contributed by atoms with van der Waals surface area (Å²) in [6.07, 6.45) is 1.59. The third-order valence-electron chi connectivity index (χ3n) is 3.17. The maximum atomic E-state index is 11.5. The van der Waals surface area contributed by atoms with E-state index < -0.39 is 5.63 Å². The Morgan fingerprint density at radius 2 is 1.95 bits per heavy atom. The van der Waals surface area contributed by atoms with Crippen LogP contribution in [0.1, 0.15) is 0 Å². The van der Waals surface area contributed by atoms with Crippen molar-refractivity contribution in [3.8, 4) is 5.75 Å². The minimum atomic E-state index is -0.419. The molecule has 0 saturated heterocycles. The predicted molar refractivity (Wildman–Crippen MR) is 84.0 cm³/mol. The van der Waals surface area contributed by atoms with Gasteiger partial charge >= 0.3 is 5.63 Å². The van der Waals surface area contributed by atoms with E-state index in [9.17, 15) is 4.79 Å². The number of hydrogen-bond acceptors (Lipinski definition) is 5. The number of hydrogen-bond donors (Lipinski definition) is 0. The zero-order valence-electron chi connectivity index (χ0n) is 11.7. The summed E-state index contributed by atoms with van der Waals surface area (Å²) in [4.78, 5) is 13.5. The van der Waals surface area contributed by atoms with Crippen LogP contribution >= 0.6 is 15.9 Å². The van der Waals surface area contributed by atoms with Crippen LogP contribution in [0.3, 0.4) is 0 Å². The Labute approximate surface area is 129 Å². The molecule has 0 aliphatic rings. The molecule has 3 aromatic rings. The largest absolute Gasteiger partial charge is 0.485 e. The molecule has 5 nitrogen and oxygen atoms in total. The highest BCUT2D eigenvalue weighted by Crippen LogP contribution is 2.40. The van der Waals surface area contributed by atoms with Gasteiger partial charge in [-0.05, 0) is 42.2 Å². The van der Waals surface area contributed by atoms with Crippen molar-refractivity contribution in [1.29, 1.82) is 0 Å². The Morgan fingerprint density at radius 3 is 2.71 bits per heavy atom. The fraction of sp³-hybridized carbons (Fsp3) is 0.267. The second kappa shape index (κ2) is 5.54. The molecule has 0 unspecified atom stereocenters. The van der Waals surface area contributed by atoms with Gasteiger partial charge in [0.05, 0.1) is 6.26 Å². The molecule has 2 heterocycles. The number of benzene rings is 1. The van der Waals surface area contributed by atoms with Gasteiger partial charge in [-0.2, -0.15) is 0 Å². The van der Waals surface area contributed by atoms with Crippen LogP contribution in [-0.4, -0.2) is 32.1 Å². The second-order valence-electron chi connectivity index (χ2n) is 4.96. The van der Waals surface area contributed by atoms with Crippen molar-refractivity contribution >= 4 is 37.9 Å². The maximum Gasteiger partial charge on any atom is 0.336 e. The van der Waals surface area contributed by atoms with Gasteiger partial charge in [0.1, 0.15) is 6.61 Å². The van der Waals surface area contributed by atoms with Crippen LogP contribution in [0.2, 0.25) is 0 Å². The standard InChI is InChI=1S/C15H14BrNO4/c1-17(2)6-8-20-15-13-10(5-7-19-13)12(16)9-3-4-11(18)21-14(9)15/h3-5,7H,6,8H2,1-2H3. The van der Waals surface area contributed by atoms with Gasteiger partial charge in [0.15, 0.2) is 11.2 Å². The summed E-state index contributed by atoms with van der Waals surface area (Å²) in [5.41, 5.74) is 0.552. The molecule has 3 rings (SSSR count). The van der Waals surface area contributed by atoms with Crippen LogP contribution in [0.4, 0.5) is 0 Å². The first-order chi connectivity index (χ1) is 10.1. The summed E-state index contributed by atoms with van der Waals surface area (Å²) in [5.74, 6) is 0.466. The Kier molecular flexibility index (Phi) is 3.73. The van der Waals surface area contributed by atoms with Crippen molar-refractivity contribution in [2.45, 2.75) is 0 Å². The van der Waals surface area contributed by atoms with Crippen molar-refractivity contribution in [3.05, 3.63) is 39.4 Å². The molecular formula is C15H14BrNO4. The number of halogens is 1. The van der Waals surface area contributed by atoms with E-state index in [4.69, 9.17) is 13.6 Å². The Hall–Kier alpha value is -1.79. The summed E-state index contributed by atoms with van der Waals surface area (Å²) in [7, 11) is 3.93. The third kappa shape index (κ3) is 2.56. The number of likely N-dealkylation sites (N-methyl/N-ethyl adjacent to an activating group) is 1. The molecule has 0 aliphatic heterocycles. The molecule has 0 N–H and O–H groups in total. The van der Waals surface area contributed by atoms with Crippen LogP contribution in [0, 0.1) is 0 Å². The first kappa shape index (κ1) is 14.2. The molecule has 0 fully saturated rings. The average Bonchev–Trinajstić information content (AvgIpc) is 2.91. The topological polar surface area (TPSA) is 55.8 Å². The van der Waals surface area contributed by atoms with Gasteiger partial charge in [0.2, 0.25) is 5.75 Å². The lowest BCUT2D eigenvalue weighted by molar-refractivity contribution is 0.260. The molecule has 21 heavy (non-hydrogen) atoms. The fourth-order valence-corrected chi connectivity index (χ4v) is 2.75. The summed E-state index contributed by atoms with van der Waals surface area (Å²) >= 11 is 3.53. The van der Waals surface area contributed by atoms with Gasteiger partial charge in [-0.3, -0.25) is 0 Å². The molecule has 0 radical (unpaired) electrons. The highest BCUT2D eigenvalue weighted by Gasteiger charge is 2.18. The van der Waals surface area contributed by atoms with Crippen LogP contribution in [0.5, 0.6) is 5.75 Å². The maximum absolute atomic E-state index is 11.5. The van der Waals surface area contributed by atoms with Crippen LogP contribution in [0.15, 0.2) is 42.6 Å². The minimum Gasteiger partial charge on any atom is -0.485 e. The van der Waals surface area contributed by atoms with Gasteiger partial charge < -0.3 is 18.5 Å². The lowest BCUT2D eigenvalue weighted by Crippen LogP contribution is -2.19. The Morgan fingerprint density at radius 1 is 1.19 bits per heavy atom. The second-order valence-corrected chi connectivity index (χ2v) is 5.75. The Bertz CT molecular complexity index is 850. The fourth-order valence-electron chi connectivity index (χ4n) is 2.13. The molecule has 1 aromatic carbocycles. The third-order valence-corrected chi connectivity index (χ3v) is 4.02. The molecule has 2 aromatic heterocycles. The van der Waals surface area contributed by atoms with Crippen molar-refractivity contribution in [3.63, 3.8) is 0 Å². The van der Waals surface area contributed by atoms with Gasteiger partial charge in [-0.25, -0.2) is 4.79 Å². The van der Waals surface area contributed by atoms with Crippen molar-refractivity contribution in [2.24, 2.45) is 0 Å². The van der Waals surface area contributed by atoms with E-state index in [0.717, 1.165) is 21.8 Å². The SMILES string of the molecule is CN(C)CCOc1c2occc2c(Br)c2ccc(=O)oc12. The zero-order chi connectivity index (χ0) is 15.0. The van der Waals surface area contributed by atoms with Gasteiger partial charge in [0.25, 0.3) is 0 Å². The lowest BCUT2D eigenvalue weighted by Gasteiger charge is -2.13. The highest BCUT2D eigenvalue weighted by atomic mass is 79.9. The van der Waals surface area contributed by atoms with Crippen LogP contribution in [0.25, 0.3) is 21.9 Å². The molecule has 0 spiro atoms. The van der Waals surface area contributed by atoms with Crippen molar-refractivity contribution in [2.75, 3.05) is 27.2 Å². The lowest BCUT2D eigenvalue weighted by atomic mass is 10.1. The number of furan rings is 1. The summed E-state index contributed by atoms with van der Waals surface area (Å²) in [6.45, 7) is 1.22. The van der Waals surface area contributed by atoms with E-state index in [1.807, 2.05) is 25.1 Å². The van der Waals surface area contributed by atoms with Crippen molar-refractivity contribution in [1.82, 2.24) is 4.90 Å². The van der Waals surface area contributed by atoms with E-state index in [2.05, 4.69) is 15.9 Å². The summed E-state index contributed by atoms with van der Waals surface area (Å²) in [6, 6.07) is 4.96. The normalized spacial score (nSPS) is 11.6. The molecule has 0 saturated carbocycles.